The van der Waals surface area contributed by atoms with E-state index >= 15 is 0 Å². The van der Waals surface area contributed by atoms with Crippen molar-refractivity contribution < 1.29 is 4.79 Å². The van der Waals surface area contributed by atoms with Gasteiger partial charge in [0.2, 0.25) is 5.95 Å². The van der Waals surface area contributed by atoms with E-state index in [1.54, 1.807) is 30.5 Å². The number of carbonyl (C=O) groups excluding carboxylic acids is 1. The van der Waals surface area contributed by atoms with Crippen molar-refractivity contribution in [3.63, 3.8) is 0 Å². The van der Waals surface area contributed by atoms with Crippen LogP contribution in [0.1, 0.15) is 42.2 Å². The van der Waals surface area contributed by atoms with Crippen molar-refractivity contribution in [1.82, 2.24) is 19.9 Å². The molecule has 0 aliphatic carbocycles. The first-order valence-corrected chi connectivity index (χ1v) is 15.0. The van der Waals surface area contributed by atoms with E-state index in [1.807, 2.05) is 56.3 Å². The SMILES string of the molecule is CC1(C)Nc2ccccc2C(=O)C1n1c(=O)c(-c2ccccc2Cl)cc2cnc(Nc3ccc(C4=CCNCC4)cc3)nc21. The lowest BCUT2D eigenvalue weighted by Gasteiger charge is -2.41. The summed E-state index contributed by atoms with van der Waals surface area (Å²) in [6, 6.07) is 23.6. The van der Waals surface area contributed by atoms with Gasteiger partial charge in [0.15, 0.2) is 5.78 Å². The Morgan fingerprint density at radius 1 is 0.955 bits per heavy atom. The highest BCUT2D eigenvalue weighted by atomic mass is 35.5. The number of nitrogens with zero attached hydrogens (tertiary/aromatic N) is 3. The Morgan fingerprint density at radius 2 is 1.70 bits per heavy atom. The van der Waals surface area contributed by atoms with E-state index in [1.165, 1.54) is 15.7 Å². The summed E-state index contributed by atoms with van der Waals surface area (Å²) in [6.45, 7) is 5.69. The monoisotopic (exact) mass is 602 g/mol. The Bertz CT molecular complexity index is 2020. The summed E-state index contributed by atoms with van der Waals surface area (Å²) in [4.78, 5) is 38.1. The van der Waals surface area contributed by atoms with Crippen LogP contribution in [0.2, 0.25) is 5.02 Å². The smallest absolute Gasteiger partial charge is 0.260 e. The number of halogens is 1. The van der Waals surface area contributed by atoms with Gasteiger partial charge in [0.1, 0.15) is 11.7 Å². The van der Waals surface area contributed by atoms with E-state index in [0.29, 0.717) is 38.7 Å². The summed E-state index contributed by atoms with van der Waals surface area (Å²) in [5.74, 6) is 0.152. The molecule has 0 fully saturated rings. The van der Waals surface area contributed by atoms with Gasteiger partial charge in [-0.1, -0.05) is 60.1 Å². The average molecular weight is 603 g/mol. The van der Waals surface area contributed by atoms with Crippen molar-refractivity contribution in [2.75, 3.05) is 23.7 Å². The molecule has 2 aromatic heterocycles. The first-order chi connectivity index (χ1) is 21.3. The highest BCUT2D eigenvalue weighted by Gasteiger charge is 2.44. The molecule has 0 radical (unpaired) electrons. The zero-order valence-corrected chi connectivity index (χ0v) is 25.2. The van der Waals surface area contributed by atoms with Gasteiger partial charge in [0.25, 0.3) is 5.56 Å². The second-order valence-corrected chi connectivity index (χ2v) is 12.1. The number of pyridine rings is 1. The lowest BCUT2D eigenvalue weighted by molar-refractivity contribution is 0.0876. The lowest BCUT2D eigenvalue weighted by atomic mass is 9.82. The fourth-order valence-electron chi connectivity index (χ4n) is 6.21. The predicted octanol–water partition coefficient (Wildman–Crippen LogP) is 6.86. The molecular weight excluding hydrogens is 572 g/mol. The number of nitrogens with one attached hydrogen (secondary N) is 3. The normalized spacial score (nSPS) is 17.5. The van der Waals surface area contributed by atoms with Gasteiger partial charge in [-0.15, -0.1) is 0 Å². The second kappa shape index (κ2) is 11.0. The number of anilines is 3. The zero-order valence-electron chi connectivity index (χ0n) is 24.4. The number of hydrogen-bond donors (Lipinski definition) is 3. The van der Waals surface area contributed by atoms with E-state index in [4.69, 9.17) is 16.6 Å². The molecule has 1 unspecified atom stereocenters. The molecular formula is C35H31ClN6O2. The molecule has 1 atom stereocenters. The molecule has 220 valence electrons. The maximum Gasteiger partial charge on any atom is 0.260 e. The Kier molecular flexibility index (Phi) is 7.03. The number of benzene rings is 3. The molecule has 4 heterocycles. The lowest BCUT2D eigenvalue weighted by Crippen LogP contribution is -2.51. The number of hydrogen-bond acceptors (Lipinski definition) is 7. The van der Waals surface area contributed by atoms with E-state index < -0.39 is 11.6 Å². The van der Waals surface area contributed by atoms with Gasteiger partial charge in [0.05, 0.1) is 5.54 Å². The fraction of sp³-hybridized carbons (Fsp3) is 0.200. The van der Waals surface area contributed by atoms with Crippen LogP contribution < -0.4 is 21.5 Å². The average Bonchev–Trinajstić information content (AvgIpc) is 3.03. The van der Waals surface area contributed by atoms with Crippen molar-refractivity contribution in [3.05, 3.63) is 118 Å². The standard InChI is InChI=1S/C35H31ClN6O2/c1-35(2)31(30(43)26-8-4-6-10-29(26)41-35)42-32-23(19-27(33(42)44)25-7-3-5-9-28(25)36)20-38-34(40-32)39-24-13-11-21(12-14-24)22-15-17-37-18-16-22/h3-15,19-20,31,37,41H,16-18H2,1-2H3,(H,38,39,40). The second-order valence-electron chi connectivity index (χ2n) is 11.7. The van der Waals surface area contributed by atoms with Crippen LogP contribution in [0.25, 0.3) is 27.7 Å². The summed E-state index contributed by atoms with van der Waals surface area (Å²) in [5.41, 5.74) is 4.71. The highest BCUT2D eigenvalue weighted by Crippen LogP contribution is 2.39. The van der Waals surface area contributed by atoms with E-state index in [2.05, 4.69) is 39.1 Å². The Balaban J connectivity index is 1.37. The fourth-order valence-corrected chi connectivity index (χ4v) is 6.45. The van der Waals surface area contributed by atoms with Gasteiger partial charge in [-0.2, -0.15) is 4.98 Å². The molecule has 3 aromatic carbocycles. The molecule has 5 aromatic rings. The van der Waals surface area contributed by atoms with Crippen molar-refractivity contribution in [1.29, 1.82) is 0 Å². The van der Waals surface area contributed by atoms with Crippen molar-refractivity contribution in [2.45, 2.75) is 31.8 Å². The summed E-state index contributed by atoms with van der Waals surface area (Å²) in [5, 5.41) is 11.2. The minimum absolute atomic E-state index is 0.167. The molecule has 2 aliphatic heterocycles. The van der Waals surface area contributed by atoms with Crippen LogP contribution in [-0.4, -0.2) is 38.9 Å². The quantitative estimate of drug-likeness (QED) is 0.202. The zero-order chi connectivity index (χ0) is 30.4. The minimum atomic E-state index is -0.893. The van der Waals surface area contributed by atoms with E-state index in [0.717, 1.165) is 30.9 Å². The van der Waals surface area contributed by atoms with E-state index in [-0.39, 0.29) is 11.3 Å². The van der Waals surface area contributed by atoms with Crippen LogP contribution in [0.4, 0.5) is 17.3 Å². The molecule has 0 spiro atoms. The summed E-state index contributed by atoms with van der Waals surface area (Å²) >= 11 is 6.57. The molecule has 0 saturated carbocycles. The third kappa shape index (κ3) is 4.96. The van der Waals surface area contributed by atoms with Crippen LogP contribution in [0.3, 0.4) is 0 Å². The number of fused-ring (bicyclic) bond motifs is 2. The van der Waals surface area contributed by atoms with Crippen molar-refractivity contribution >= 4 is 51.3 Å². The van der Waals surface area contributed by atoms with Crippen LogP contribution in [0.5, 0.6) is 0 Å². The molecule has 0 amide bonds. The van der Waals surface area contributed by atoms with Gasteiger partial charge >= 0.3 is 0 Å². The summed E-state index contributed by atoms with van der Waals surface area (Å²) < 4.78 is 1.51. The molecule has 44 heavy (non-hydrogen) atoms. The van der Waals surface area contributed by atoms with Gasteiger partial charge in [-0.25, -0.2) is 4.98 Å². The molecule has 7 rings (SSSR count). The number of Topliss-reactive ketones (excluding diaryl/α,β-unsaturated/α-hetero) is 1. The third-order valence-corrected chi connectivity index (χ3v) is 8.68. The Morgan fingerprint density at radius 3 is 2.45 bits per heavy atom. The van der Waals surface area contributed by atoms with Crippen LogP contribution in [-0.2, 0) is 0 Å². The van der Waals surface area contributed by atoms with Gasteiger partial charge in [-0.05, 0) is 74.3 Å². The number of para-hydroxylation sites is 1. The van der Waals surface area contributed by atoms with Crippen molar-refractivity contribution in [3.8, 4) is 11.1 Å². The molecule has 0 saturated heterocycles. The maximum absolute atomic E-state index is 14.5. The first kappa shape index (κ1) is 28.0. The molecule has 0 bridgehead atoms. The molecule has 3 N–H and O–H groups in total. The van der Waals surface area contributed by atoms with Gasteiger partial charge in [-0.3, -0.25) is 14.2 Å². The summed E-state index contributed by atoms with van der Waals surface area (Å²) in [6.07, 6.45) is 4.89. The number of carbonyl (C=O) groups is 1. The molecule has 9 heteroatoms. The number of rotatable bonds is 5. The van der Waals surface area contributed by atoms with Gasteiger partial charge in [0, 0.05) is 51.2 Å². The van der Waals surface area contributed by atoms with Gasteiger partial charge < -0.3 is 16.0 Å². The summed E-state index contributed by atoms with van der Waals surface area (Å²) in [7, 11) is 0. The maximum atomic E-state index is 14.5. The third-order valence-electron chi connectivity index (χ3n) is 8.35. The van der Waals surface area contributed by atoms with Crippen molar-refractivity contribution in [2.24, 2.45) is 0 Å². The predicted molar refractivity (Wildman–Crippen MR) is 177 cm³/mol. The van der Waals surface area contributed by atoms with Crippen LogP contribution in [0.15, 0.2) is 95.9 Å². The number of aromatic nitrogens is 3. The highest BCUT2D eigenvalue weighted by molar-refractivity contribution is 6.33. The van der Waals surface area contributed by atoms with Crippen LogP contribution in [0, 0.1) is 0 Å². The largest absolute Gasteiger partial charge is 0.377 e. The minimum Gasteiger partial charge on any atom is -0.377 e. The Labute approximate surface area is 259 Å². The topological polar surface area (TPSA) is 101 Å². The molecule has 2 aliphatic rings. The number of ketones is 1. The molecule has 8 nitrogen and oxygen atoms in total. The van der Waals surface area contributed by atoms with E-state index in [9.17, 15) is 9.59 Å². The Hall–Kier alpha value is -4.79. The van der Waals surface area contributed by atoms with Crippen LogP contribution >= 0.6 is 11.6 Å². The first-order valence-electron chi connectivity index (χ1n) is 14.7.